The lowest BCUT2D eigenvalue weighted by Crippen LogP contribution is -2.40. The summed E-state index contributed by atoms with van der Waals surface area (Å²) in [6.45, 7) is 5.93. The van der Waals surface area contributed by atoms with E-state index in [1.807, 2.05) is 13.8 Å². The zero-order valence-corrected chi connectivity index (χ0v) is 9.75. The highest BCUT2D eigenvalue weighted by Crippen LogP contribution is 2.22. The molecule has 1 unspecified atom stereocenters. The van der Waals surface area contributed by atoms with E-state index in [-0.39, 0.29) is 5.60 Å². The summed E-state index contributed by atoms with van der Waals surface area (Å²) in [6, 6.07) is 0.298. The van der Waals surface area contributed by atoms with Crippen LogP contribution < -0.4 is 11.1 Å². The Hall–Kier alpha value is -0.810. The maximum atomic E-state index is 5.71. The number of methoxy groups -OCH3 is 1. The molecule has 0 aromatic rings. The zero-order chi connectivity index (χ0) is 11.3. The molecule has 0 aliphatic carbocycles. The van der Waals surface area contributed by atoms with Gasteiger partial charge in [0, 0.05) is 26.2 Å². The molecule has 1 atom stereocenters. The molecule has 0 radical (unpaired) electrons. The molecule has 15 heavy (non-hydrogen) atoms. The van der Waals surface area contributed by atoms with Crippen molar-refractivity contribution in [2.75, 3.05) is 26.9 Å². The average molecular weight is 215 g/mol. The fraction of sp³-hybridized carbons (Fsp3) is 0.900. The summed E-state index contributed by atoms with van der Waals surface area (Å²) in [5.41, 5.74) is 5.43. The van der Waals surface area contributed by atoms with Crippen molar-refractivity contribution >= 4 is 5.96 Å². The van der Waals surface area contributed by atoms with Crippen molar-refractivity contribution < 1.29 is 9.47 Å². The van der Waals surface area contributed by atoms with E-state index in [0.29, 0.717) is 25.2 Å². The molecule has 0 spiro atoms. The average Bonchev–Trinajstić information content (AvgIpc) is 2.63. The van der Waals surface area contributed by atoms with Gasteiger partial charge in [0.25, 0.3) is 0 Å². The number of nitrogens with two attached hydrogens (primary N) is 1. The number of hydrogen-bond donors (Lipinski definition) is 2. The summed E-state index contributed by atoms with van der Waals surface area (Å²) >= 11 is 0. The summed E-state index contributed by atoms with van der Waals surface area (Å²) < 4.78 is 10.7. The molecule has 1 heterocycles. The lowest BCUT2D eigenvalue weighted by atomic mass is 10.0. The SMILES string of the molecule is COC1(CN=C(N)NC(C)C)CCOC1. The standard InChI is InChI=1S/C10H21N3O2/c1-8(2)13-9(11)12-6-10(14-3)4-5-15-7-10/h8H,4-7H2,1-3H3,(H3,11,12,13). The second-order valence-electron chi connectivity index (χ2n) is 4.19. The maximum absolute atomic E-state index is 5.71. The molecule has 0 bridgehead atoms. The molecule has 0 amide bonds. The van der Waals surface area contributed by atoms with Crippen molar-refractivity contribution in [3.05, 3.63) is 0 Å². The fourth-order valence-corrected chi connectivity index (χ4v) is 1.51. The highest BCUT2D eigenvalue weighted by Gasteiger charge is 2.34. The smallest absolute Gasteiger partial charge is 0.188 e. The first-order valence-electron chi connectivity index (χ1n) is 5.27. The fourth-order valence-electron chi connectivity index (χ4n) is 1.51. The minimum absolute atomic E-state index is 0.275. The predicted molar refractivity (Wildman–Crippen MR) is 59.9 cm³/mol. The predicted octanol–water partition coefficient (Wildman–Crippen LogP) is 0.105. The highest BCUT2D eigenvalue weighted by molar-refractivity contribution is 5.78. The van der Waals surface area contributed by atoms with Crippen LogP contribution in [0.5, 0.6) is 0 Å². The number of ether oxygens (including phenoxy) is 2. The summed E-state index contributed by atoms with van der Waals surface area (Å²) in [5.74, 6) is 0.466. The first kappa shape index (κ1) is 12.3. The van der Waals surface area contributed by atoms with Gasteiger partial charge < -0.3 is 20.5 Å². The van der Waals surface area contributed by atoms with Crippen molar-refractivity contribution in [3.8, 4) is 0 Å². The summed E-state index contributed by atoms with van der Waals surface area (Å²) in [6.07, 6.45) is 0.877. The van der Waals surface area contributed by atoms with Gasteiger partial charge in [-0.2, -0.15) is 0 Å². The van der Waals surface area contributed by atoms with Crippen molar-refractivity contribution in [1.82, 2.24) is 5.32 Å². The molecular weight excluding hydrogens is 194 g/mol. The summed E-state index contributed by atoms with van der Waals surface area (Å²) in [4.78, 5) is 4.27. The summed E-state index contributed by atoms with van der Waals surface area (Å²) in [5, 5.41) is 3.04. The first-order valence-corrected chi connectivity index (χ1v) is 5.27. The second-order valence-corrected chi connectivity index (χ2v) is 4.19. The first-order chi connectivity index (χ1) is 7.08. The van der Waals surface area contributed by atoms with Crippen molar-refractivity contribution in [3.63, 3.8) is 0 Å². The van der Waals surface area contributed by atoms with E-state index in [9.17, 15) is 0 Å². The van der Waals surface area contributed by atoms with Crippen LogP contribution in [-0.4, -0.2) is 44.5 Å². The Kier molecular flexibility index (Phi) is 4.35. The Balaban J connectivity index is 2.45. The number of rotatable bonds is 4. The van der Waals surface area contributed by atoms with Crippen LogP contribution in [0.15, 0.2) is 4.99 Å². The molecule has 5 nitrogen and oxygen atoms in total. The lowest BCUT2D eigenvalue weighted by molar-refractivity contribution is -0.00906. The van der Waals surface area contributed by atoms with Crippen LogP contribution in [-0.2, 0) is 9.47 Å². The van der Waals surface area contributed by atoms with Gasteiger partial charge in [0.1, 0.15) is 5.60 Å². The Bertz CT molecular complexity index is 223. The third-order valence-corrected chi connectivity index (χ3v) is 2.47. The van der Waals surface area contributed by atoms with Gasteiger partial charge in [-0.25, -0.2) is 0 Å². The van der Waals surface area contributed by atoms with Gasteiger partial charge in [-0.3, -0.25) is 4.99 Å². The van der Waals surface area contributed by atoms with Crippen LogP contribution in [0, 0.1) is 0 Å². The number of nitrogens with one attached hydrogen (secondary N) is 1. The van der Waals surface area contributed by atoms with E-state index < -0.39 is 0 Å². The molecule has 5 heteroatoms. The van der Waals surface area contributed by atoms with Crippen molar-refractivity contribution in [2.24, 2.45) is 10.7 Å². The van der Waals surface area contributed by atoms with Gasteiger partial charge in [-0.1, -0.05) is 0 Å². The molecule has 1 rings (SSSR count). The second kappa shape index (κ2) is 5.32. The van der Waals surface area contributed by atoms with Gasteiger partial charge in [-0.05, 0) is 13.8 Å². The Morgan fingerprint density at radius 2 is 2.40 bits per heavy atom. The number of nitrogens with zero attached hydrogens (tertiary/aromatic N) is 1. The molecule has 0 aromatic carbocycles. The zero-order valence-electron chi connectivity index (χ0n) is 9.75. The van der Waals surface area contributed by atoms with Crippen LogP contribution in [0.2, 0.25) is 0 Å². The third-order valence-electron chi connectivity index (χ3n) is 2.47. The van der Waals surface area contributed by atoms with E-state index in [4.69, 9.17) is 15.2 Å². The van der Waals surface area contributed by atoms with E-state index in [0.717, 1.165) is 13.0 Å². The quantitative estimate of drug-likeness (QED) is 0.515. The molecule has 1 saturated heterocycles. The number of guanidine groups is 1. The van der Waals surface area contributed by atoms with E-state index >= 15 is 0 Å². The molecule has 88 valence electrons. The maximum Gasteiger partial charge on any atom is 0.188 e. The molecule has 0 aromatic heterocycles. The molecule has 1 fully saturated rings. The number of aliphatic imine (C=N–C) groups is 1. The molecule has 0 saturated carbocycles. The lowest BCUT2D eigenvalue weighted by Gasteiger charge is -2.23. The van der Waals surface area contributed by atoms with Crippen molar-refractivity contribution in [2.45, 2.75) is 31.9 Å². The third kappa shape index (κ3) is 3.68. The molecule has 3 N–H and O–H groups in total. The van der Waals surface area contributed by atoms with Crippen molar-refractivity contribution in [1.29, 1.82) is 0 Å². The largest absolute Gasteiger partial charge is 0.378 e. The van der Waals surface area contributed by atoms with Crippen LogP contribution in [0.25, 0.3) is 0 Å². The van der Waals surface area contributed by atoms with Gasteiger partial charge >= 0.3 is 0 Å². The van der Waals surface area contributed by atoms with Crippen LogP contribution in [0.1, 0.15) is 20.3 Å². The van der Waals surface area contributed by atoms with E-state index in [1.54, 1.807) is 7.11 Å². The normalized spacial score (nSPS) is 27.3. The van der Waals surface area contributed by atoms with Gasteiger partial charge in [0.05, 0.1) is 13.2 Å². The van der Waals surface area contributed by atoms with Gasteiger partial charge in [0.15, 0.2) is 5.96 Å². The van der Waals surface area contributed by atoms with Crippen LogP contribution >= 0.6 is 0 Å². The Morgan fingerprint density at radius 1 is 1.67 bits per heavy atom. The topological polar surface area (TPSA) is 68.9 Å². The molecule has 1 aliphatic rings. The number of hydrogen-bond acceptors (Lipinski definition) is 3. The monoisotopic (exact) mass is 215 g/mol. The highest BCUT2D eigenvalue weighted by atomic mass is 16.5. The van der Waals surface area contributed by atoms with Gasteiger partial charge in [-0.15, -0.1) is 0 Å². The van der Waals surface area contributed by atoms with E-state index in [2.05, 4.69) is 10.3 Å². The Labute approximate surface area is 91.0 Å². The summed E-state index contributed by atoms with van der Waals surface area (Å²) in [7, 11) is 1.69. The van der Waals surface area contributed by atoms with Gasteiger partial charge in [0.2, 0.25) is 0 Å². The molecule has 1 aliphatic heterocycles. The van der Waals surface area contributed by atoms with Crippen LogP contribution in [0.4, 0.5) is 0 Å². The minimum Gasteiger partial charge on any atom is -0.378 e. The van der Waals surface area contributed by atoms with Crippen LogP contribution in [0.3, 0.4) is 0 Å². The van der Waals surface area contributed by atoms with E-state index in [1.165, 1.54) is 0 Å². The molecular formula is C10H21N3O2. The minimum atomic E-state index is -0.275. The Morgan fingerprint density at radius 3 is 2.87 bits per heavy atom.